The maximum absolute atomic E-state index is 12.2. The lowest BCUT2D eigenvalue weighted by molar-refractivity contribution is 0.600. The molecule has 6 nitrogen and oxygen atoms in total. The van der Waals surface area contributed by atoms with Gasteiger partial charge in [-0.05, 0) is 18.4 Å². The Bertz CT molecular complexity index is 728. The molecule has 1 saturated heterocycles. The van der Waals surface area contributed by atoms with E-state index in [0.29, 0.717) is 0 Å². The van der Waals surface area contributed by atoms with Gasteiger partial charge in [0.15, 0.2) is 5.82 Å². The van der Waals surface area contributed by atoms with Crippen LogP contribution in [0.4, 0.5) is 11.6 Å². The summed E-state index contributed by atoms with van der Waals surface area (Å²) in [6, 6.07) is 9.06. The first kappa shape index (κ1) is 14.8. The molecule has 0 unspecified atom stereocenters. The normalized spacial score (nSPS) is 15.0. The van der Waals surface area contributed by atoms with Gasteiger partial charge in [-0.2, -0.15) is 0 Å². The zero-order valence-corrected chi connectivity index (χ0v) is 13.0. The van der Waals surface area contributed by atoms with Gasteiger partial charge in [-0.3, -0.25) is 9.71 Å². The van der Waals surface area contributed by atoms with Crippen LogP contribution in [0.3, 0.4) is 0 Å². The molecule has 2 aromatic rings. The number of nitrogens with zero attached hydrogens (tertiary/aromatic N) is 3. The highest BCUT2D eigenvalue weighted by atomic mass is 32.2. The molecule has 1 aromatic carbocycles. The van der Waals surface area contributed by atoms with Crippen molar-refractivity contribution in [1.29, 1.82) is 0 Å². The molecule has 116 valence electrons. The van der Waals surface area contributed by atoms with Crippen molar-refractivity contribution in [2.45, 2.75) is 18.6 Å². The van der Waals surface area contributed by atoms with Crippen molar-refractivity contribution in [2.24, 2.45) is 0 Å². The van der Waals surface area contributed by atoms with E-state index in [1.807, 2.05) is 18.2 Å². The average Bonchev–Trinajstić information content (AvgIpc) is 3.02. The molecule has 0 bridgehead atoms. The maximum Gasteiger partial charge on any atom is 0.238 e. The van der Waals surface area contributed by atoms with E-state index in [0.717, 1.165) is 37.3 Å². The molecular weight excluding hydrogens is 300 g/mol. The first-order chi connectivity index (χ1) is 10.6. The smallest absolute Gasteiger partial charge is 0.238 e. The highest BCUT2D eigenvalue weighted by Crippen LogP contribution is 2.19. The summed E-state index contributed by atoms with van der Waals surface area (Å²) in [5.74, 6) is 0.904. The molecule has 1 N–H and O–H groups in total. The van der Waals surface area contributed by atoms with Crippen LogP contribution in [0.25, 0.3) is 0 Å². The summed E-state index contributed by atoms with van der Waals surface area (Å²) in [6.07, 6.45) is 5.36. The summed E-state index contributed by atoms with van der Waals surface area (Å²) in [5.41, 5.74) is 0.735. The second-order valence-electron chi connectivity index (χ2n) is 5.30. The largest absolute Gasteiger partial charge is 0.355 e. The number of rotatable bonds is 5. The number of sulfonamides is 1. The van der Waals surface area contributed by atoms with Crippen LogP contribution < -0.4 is 9.62 Å². The van der Waals surface area contributed by atoms with Crippen LogP contribution in [-0.2, 0) is 15.8 Å². The van der Waals surface area contributed by atoms with Gasteiger partial charge in [0.1, 0.15) is 5.82 Å². The average molecular weight is 318 g/mol. The maximum atomic E-state index is 12.2. The lowest BCUT2D eigenvalue weighted by Gasteiger charge is -2.16. The molecule has 1 aliphatic rings. The van der Waals surface area contributed by atoms with E-state index in [-0.39, 0.29) is 11.6 Å². The Balaban J connectivity index is 1.73. The van der Waals surface area contributed by atoms with Gasteiger partial charge in [-0.15, -0.1) is 0 Å². The van der Waals surface area contributed by atoms with Gasteiger partial charge in [0.05, 0.1) is 18.1 Å². The molecule has 1 aromatic heterocycles. The minimum absolute atomic E-state index is 0.0799. The highest BCUT2D eigenvalue weighted by molar-refractivity contribution is 7.91. The number of anilines is 2. The predicted octanol–water partition coefficient (Wildman–Crippen LogP) is 2.02. The molecule has 0 atom stereocenters. The van der Waals surface area contributed by atoms with E-state index in [2.05, 4.69) is 19.6 Å². The van der Waals surface area contributed by atoms with Crippen LogP contribution in [0, 0.1) is 0 Å². The third-order valence-corrected chi connectivity index (χ3v) is 4.74. The van der Waals surface area contributed by atoms with Crippen molar-refractivity contribution in [3.05, 3.63) is 48.3 Å². The molecule has 3 rings (SSSR count). The molecule has 22 heavy (non-hydrogen) atoms. The van der Waals surface area contributed by atoms with Crippen LogP contribution in [-0.4, -0.2) is 31.5 Å². The summed E-state index contributed by atoms with van der Waals surface area (Å²) in [4.78, 5) is 10.6. The molecular formula is C15H18N4O2S. The lowest BCUT2D eigenvalue weighted by Crippen LogP contribution is -2.21. The second kappa shape index (κ2) is 6.31. The van der Waals surface area contributed by atoms with Gasteiger partial charge in [-0.25, -0.2) is 13.4 Å². The summed E-state index contributed by atoms with van der Waals surface area (Å²) in [5, 5.41) is 0. The summed E-state index contributed by atoms with van der Waals surface area (Å²) < 4.78 is 26.9. The summed E-state index contributed by atoms with van der Waals surface area (Å²) in [6.45, 7) is 1.88. The monoisotopic (exact) mass is 318 g/mol. The Morgan fingerprint density at radius 2 is 1.82 bits per heavy atom. The van der Waals surface area contributed by atoms with Gasteiger partial charge in [0.25, 0.3) is 0 Å². The van der Waals surface area contributed by atoms with Crippen molar-refractivity contribution in [2.75, 3.05) is 22.7 Å². The Labute approximate surface area is 130 Å². The first-order valence-corrected chi connectivity index (χ1v) is 8.89. The number of hydrogen-bond acceptors (Lipinski definition) is 5. The van der Waals surface area contributed by atoms with Crippen molar-refractivity contribution in [3.8, 4) is 0 Å². The van der Waals surface area contributed by atoms with Gasteiger partial charge >= 0.3 is 0 Å². The van der Waals surface area contributed by atoms with Crippen molar-refractivity contribution in [1.82, 2.24) is 9.97 Å². The Morgan fingerprint density at radius 3 is 2.55 bits per heavy atom. The van der Waals surface area contributed by atoms with E-state index in [1.54, 1.807) is 18.3 Å². The number of aromatic nitrogens is 2. The Kier molecular flexibility index (Phi) is 4.24. The van der Waals surface area contributed by atoms with Crippen molar-refractivity contribution in [3.63, 3.8) is 0 Å². The van der Waals surface area contributed by atoms with Crippen LogP contribution in [0.5, 0.6) is 0 Å². The zero-order valence-electron chi connectivity index (χ0n) is 12.1. The fourth-order valence-corrected chi connectivity index (χ4v) is 3.61. The van der Waals surface area contributed by atoms with Gasteiger partial charge < -0.3 is 4.90 Å². The van der Waals surface area contributed by atoms with Gasteiger partial charge in [0, 0.05) is 13.1 Å². The summed E-state index contributed by atoms with van der Waals surface area (Å²) >= 11 is 0. The molecule has 0 aliphatic carbocycles. The van der Waals surface area contributed by atoms with E-state index < -0.39 is 10.0 Å². The number of hydrogen-bond donors (Lipinski definition) is 1. The quantitative estimate of drug-likeness (QED) is 0.913. The van der Waals surface area contributed by atoms with Gasteiger partial charge in [-0.1, -0.05) is 30.3 Å². The SMILES string of the molecule is O=S(=O)(Cc1ccccc1)Nc1cncc(N2CCCC2)n1. The van der Waals surface area contributed by atoms with E-state index in [4.69, 9.17) is 0 Å². The van der Waals surface area contributed by atoms with E-state index >= 15 is 0 Å². The number of benzene rings is 1. The third kappa shape index (κ3) is 3.73. The highest BCUT2D eigenvalue weighted by Gasteiger charge is 2.16. The van der Waals surface area contributed by atoms with Crippen LogP contribution in [0.1, 0.15) is 18.4 Å². The third-order valence-electron chi connectivity index (χ3n) is 3.51. The molecule has 7 heteroatoms. The van der Waals surface area contributed by atoms with Crippen LogP contribution in [0.15, 0.2) is 42.7 Å². The Hall–Kier alpha value is -2.15. The molecule has 0 amide bonds. The zero-order chi connectivity index (χ0) is 15.4. The van der Waals surface area contributed by atoms with Crippen molar-refractivity contribution < 1.29 is 8.42 Å². The molecule has 0 radical (unpaired) electrons. The standard InChI is InChI=1S/C15H18N4O2S/c20-22(21,12-13-6-2-1-3-7-13)18-14-10-16-11-15(17-14)19-8-4-5-9-19/h1-3,6-7,10-11H,4-5,8-9,12H2,(H,17,18). The van der Waals surface area contributed by atoms with Gasteiger partial charge in [0.2, 0.25) is 10.0 Å². The number of nitrogens with one attached hydrogen (secondary N) is 1. The summed E-state index contributed by atoms with van der Waals surface area (Å²) in [7, 11) is -3.50. The first-order valence-electron chi connectivity index (χ1n) is 7.24. The van der Waals surface area contributed by atoms with Crippen molar-refractivity contribution >= 4 is 21.7 Å². The minimum Gasteiger partial charge on any atom is -0.355 e. The topological polar surface area (TPSA) is 75.2 Å². The molecule has 0 saturated carbocycles. The van der Waals surface area contributed by atoms with Crippen LogP contribution >= 0.6 is 0 Å². The molecule has 2 heterocycles. The second-order valence-corrected chi connectivity index (χ2v) is 7.03. The van der Waals surface area contributed by atoms with Crippen LogP contribution in [0.2, 0.25) is 0 Å². The minimum atomic E-state index is -3.50. The van der Waals surface area contributed by atoms with E-state index in [9.17, 15) is 8.42 Å². The molecule has 1 fully saturated rings. The molecule has 0 spiro atoms. The predicted molar refractivity (Wildman–Crippen MR) is 86.2 cm³/mol. The fourth-order valence-electron chi connectivity index (χ4n) is 2.49. The molecule has 1 aliphatic heterocycles. The fraction of sp³-hybridized carbons (Fsp3) is 0.333. The van der Waals surface area contributed by atoms with E-state index in [1.165, 1.54) is 6.20 Å². The Morgan fingerprint density at radius 1 is 1.09 bits per heavy atom. The lowest BCUT2D eigenvalue weighted by atomic mass is 10.2.